The zero-order valence-electron chi connectivity index (χ0n) is 24.2. The SMILES string of the molecule is COc1cc(OCCCC(=O)O)ccc1CN(NC(=O)OCC1c2ccccc2-c2ccccc21)C(=O)OC(C)(C)C. The number of hydrazine groups is 1. The number of nitrogens with one attached hydrogen (secondary N) is 1. The van der Waals surface area contributed by atoms with Crippen molar-refractivity contribution in [1.29, 1.82) is 0 Å². The molecule has 0 aromatic heterocycles. The number of nitrogens with zero attached hydrogens (tertiary/aromatic N) is 1. The van der Waals surface area contributed by atoms with Crippen molar-refractivity contribution in [2.45, 2.75) is 51.7 Å². The van der Waals surface area contributed by atoms with Gasteiger partial charge in [-0.25, -0.2) is 20.0 Å². The van der Waals surface area contributed by atoms with Crippen LogP contribution in [-0.4, -0.2) is 54.2 Å². The smallest absolute Gasteiger partial charge is 0.429 e. The Balaban J connectivity index is 1.46. The van der Waals surface area contributed by atoms with Crippen molar-refractivity contribution in [3.8, 4) is 22.6 Å². The summed E-state index contributed by atoms with van der Waals surface area (Å²) in [5.41, 5.74) is 6.66. The minimum atomic E-state index is -0.891. The molecule has 0 atom stereocenters. The van der Waals surface area contributed by atoms with Gasteiger partial charge in [0.2, 0.25) is 0 Å². The van der Waals surface area contributed by atoms with Crippen molar-refractivity contribution in [3.63, 3.8) is 0 Å². The van der Waals surface area contributed by atoms with E-state index in [9.17, 15) is 14.4 Å². The van der Waals surface area contributed by atoms with Crippen molar-refractivity contribution in [1.82, 2.24) is 10.4 Å². The molecule has 1 aliphatic carbocycles. The van der Waals surface area contributed by atoms with Crippen LogP contribution in [-0.2, 0) is 20.8 Å². The number of carboxylic acids is 1. The fraction of sp³-hybridized carbons (Fsp3) is 0.344. The fourth-order valence-electron chi connectivity index (χ4n) is 4.74. The average molecular weight is 577 g/mol. The molecule has 3 aromatic rings. The van der Waals surface area contributed by atoms with Crippen molar-refractivity contribution in [2.75, 3.05) is 20.3 Å². The summed E-state index contributed by atoms with van der Waals surface area (Å²) in [7, 11) is 1.48. The summed E-state index contributed by atoms with van der Waals surface area (Å²) in [6, 6.07) is 21.1. The standard InChI is InChI=1S/C32H36N2O8/c1-32(2,3)42-31(38)34(19-21-15-16-22(18-28(21)39-4)40-17-9-14-29(35)36)33-30(37)41-20-27-25-12-7-5-10-23(25)24-11-6-8-13-26(24)27/h5-8,10-13,15-16,18,27H,9,14,17,19-20H2,1-4H3,(H,33,37)(H,35,36). The first kappa shape index (κ1) is 30.2. The molecule has 0 unspecified atom stereocenters. The van der Waals surface area contributed by atoms with E-state index in [1.165, 1.54) is 7.11 Å². The van der Waals surface area contributed by atoms with Crippen molar-refractivity contribution in [2.24, 2.45) is 0 Å². The lowest BCUT2D eigenvalue weighted by Crippen LogP contribution is -2.48. The summed E-state index contributed by atoms with van der Waals surface area (Å²) in [5.74, 6) is -0.137. The molecule has 0 spiro atoms. The van der Waals surface area contributed by atoms with Gasteiger partial charge in [-0.15, -0.1) is 0 Å². The molecule has 0 saturated carbocycles. The Hall–Kier alpha value is -4.73. The highest BCUT2D eigenvalue weighted by molar-refractivity contribution is 5.79. The molecule has 3 aromatic carbocycles. The van der Waals surface area contributed by atoms with Crippen LogP contribution in [0.4, 0.5) is 9.59 Å². The van der Waals surface area contributed by atoms with Gasteiger partial charge in [0.15, 0.2) is 0 Å². The van der Waals surface area contributed by atoms with Crippen LogP contribution in [0.1, 0.15) is 56.2 Å². The number of ether oxygens (including phenoxy) is 4. The zero-order chi connectivity index (χ0) is 30.3. The van der Waals surface area contributed by atoms with Crippen LogP contribution >= 0.6 is 0 Å². The predicted molar refractivity (Wildman–Crippen MR) is 155 cm³/mol. The summed E-state index contributed by atoms with van der Waals surface area (Å²) in [4.78, 5) is 36.9. The third-order valence-electron chi connectivity index (χ3n) is 6.57. The van der Waals surface area contributed by atoms with Crippen LogP contribution < -0.4 is 14.9 Å². The number of carboxylic acid groups (broad SMARTS) is 1. The highest BCUT2D eigenvalue weighted by Crippen LogP contribution is 2.44. The average Bonchev–Trinajstić information content (AvgIpc) is 3.27. The van der Waals surface area contributed by atoms with Crippen LogP contribution in [0.15, 0.2) is 66.7 Å². The molecule has 0 bridgehead atoms. The monoisotopic (exact) mass is 576 g/mol. The quantitative estimate of drug-likeness (QED) is 0.218. The van der Waals surface area contributed by atoms with E-state index in [0.29, 0.717) is 23.5 Å². The molecule has 42 heavy (non-hydrogen) atoms. The maximum absolute atomic E-state index is 13.1. The third kappa shape index (κ3) is 7.72. The van der Waals surface area contributed by atoms with Gasteiger partial charge in [-0.05, 0) is 61.6 Å². The minimum absolute atomic E-state index is 0.00159. The second kappa shape index (κ2) is 13.3. The summed E-state index contributed by atoms with van der Waals surface area (Å²) in [6.45, 7) is 5.41. The number of fused-ring (bicyclic) bond motifs is 3. The number of hydrogen-bond acceptors (Lipinski definition) is 7. The maximum Gasteiger partial charge on any atom is 0.429 e. The van der Waals surface area contributed by atoms with Gasteiger partial charge in [0.25, 0.3) is 0 Å². The summed E-state index contributed by atoms with van der Waals surface area (Å²) in [5, 5.41) is 9.84. The molecule has 4 rings (SSSR count). The lowest BCUT2D eigenvalue weighted by Gasteiger charge is -2.28. The molecule has 0 radical (unpaired) electrons. The molecule has 2 amide bonds. The van der Waals surface area contributed by atoms with E-state index in [0.717, 1.165) is 27.3 Å². The Kier molecular flexibility index (Phi) is 9.57. The number of methoxy groups -OCH3 is 1. The third-order valence-corrected chi connectivity index (χ3v) is 6.57. The summed E-state index contributed by atoms with van der Waals surface area (Å²) < 4.78 is 22.3. The van der Waals surface area contributed by atoms with E-state index in [4.69, 9.17) is 24.1 Å². The predicted octanol–water partition coefficient (Wildman–Crippen LogP) is 6.13. The van der Waals surface area contributed by atoms with Gasteiger partial charge in [-0.3, -0.25) is 4.79 Å². The highest BCUT2D eigenvalue weighted by Gasteiger charge is 2.30. The molecule has 0 aliphatic heterocycles. The molecular weight excluding hydrogens is 540 g/mol. The molecule has 0 saturated heterocycles. The van der Waals surface area contributed by atoms with Gasteiger partial charge >= 0.3 is 18.2 Å². The molecular formula is C32H36N2O8. The molecule has 0 fully saturated rings. The highest BCUT2D eigenvalue weighted by atomic mass is 16.6. The van der Waals surface area contributed by atoms with Crippen LogP contribution in [0.5, 0.6) is 11.5 Å². The Morgan fingerprint density at radius 3 is 2.19 bits per heavy atom. The molecule has 10 heteroatoms. The molecule has 0 heterocycles. The molecule has 222 valence electrons. The number of rotatable bonds is 10. The van der Waals surface area contributed by atoms with Crippen LogP contribution in [0.2, 0.25) is 0 Å². The van der Waals surface area contributed by atoms with Gasteiger partial charge in [-0.2, -0.15) is 0 Å². The van der Waals surface area contributed by atoms with Crippen LogP contribution in [0.3, 0.4) is 0 Å². The number of benzene rings is 3. The molecule has 10 nitrogen and oxygen atoms in total. The lowest BCUT2D eigenvalue weighted by molar-refractivity contribution is -0.137. The van der Waals surface area contributed by atoms with Crippen molar-refractivity contribution in [3.05, 3.63) is 83.4 Å². The Bertz CT molecular complexity index is 1390. The topological polar surface area (TPSA) is 124 Å². The van der Waals surface area contributed by atoms with E-state index >= 15 is 0 Å². The minimum Gasteiger partial charge on any atom is -0.496 e. The van der Waals surface area contributed by atoms with E-state index in [-0.39, 0.29) is 32.1 Å². The Morgan fingerprint density at radius 1 is 0.952 bits per heavy atom. The van der Waals surface area contributed by atoms with Crippen LogP contribution in [0.25, 0.3) is 11.1 Å². The number of amides is 2. The van der Waals surface area contributed by atoms with E-state index in [1.54, 1.807) is 39.0 Å². The van der Waals surface area contributed by atoms with E-state index < -0.39 is 23.8 Å². The van der Waals surface area contributed by atoms with E-state index in [1.807, 2.05) is 36.4 Å². The van der Waals surface area contributed by atoms with Crippen LogP contribution in [0, 0.1) is 0 Å². The first-order valence-corrected chi connectivity index (χ1v) is 13.7. The first-order valence-electron chi connectivity index (χ1n) is 13.7. The van der Waals surface area contributed by atoms with E-state index in [2.05, 4.69) is 17.6 Å². The molecule has 1 aliphatic rings. The summed E-state index contributed by atoms with van der Waals surface area (Å²) in [6.07, 6.45) is -1.22. The van der Waals surface area contributed by atoms with Gasteiger partial charge in [0.1, 0.15) is 23.7 Å². The number of carbonyl (C=O) groups excluding carboxylic acids is 2. The zero-order valence-corrected chi connectivity index (χ0v) is 24.2. The fourth-order valence-corrected chi connectivity index (χ4v) is 4.74. The second-order valence-corrected chi connectivity index (χ2v) is 10.8. The number of carbonyl (C=O) groups is 3. The Morgan fingerprint density at radius 2 is 1.60 bits per heavy atom. The van der Waals surface area contributed by atoms with Gasteiger partial charge < -0.3 is 24.1 Å². The summed E-state index contributed by atoms with van der Waals surface area (Å²) >= 11 is 0. The lowest BCUT2D eigenvalue weighted by atomic mass is 9.98. The van der Waals surface area contributed by atoms with Crippen molar-refractivity contribution >= 4 is 18.2 Å². The maximum atomic E-state index is 13.1. The largest absolute Gasteiger partial charge is 0.496 e. The second-order valence-electron chi connectivity index (χ2n) is 10.8. The van der Waals surface area contributed by atoms with Gasteiger partial charge in [0.05, 0.1) is 20.3 Å². The number of aliphatic carboxylic acids is 1. The molecule has 2 N–H and O–H groups in total. The van der Waals surface area contributed by atoms with Crippen molar-refractivity contribution < 1.29 is 38.4 Å². The van der Waals surface area contributed by atoms with Gasteiger partial charge in [0, 0.05) is 24.0 Å². The Labute approximate surface area is 245 Å². The number of hydrogen-bond donors (Lipinski definition) is 2. The normalized spacial score (nSPS) is 12.1. The van der Waals surface area contributed by atoms with Gasteiger partial charge in [-0.1, -0.05) is 48.5 Å². The first-order chi connectivity index (χ1) is 20.1.